The maximum Gasteiger partial charge on any atom is 0.261 e. The molecule has 0 fully saturated rings. The van der Waals surface area contributed by atoms with E-state index in [0.29, 0.717) is 22.4 Å². The molecule has 0 saturated heterocycles. The van der Waals surface area contributed by atoms with E-state index >= 15 is 0 Å². The molecule has 0 atom stereocenters. The van der Waals surface area contributed by atoms with Crippen LogP contribution < -0.4 is 5.56 Å². The predicted molar refractivity (Wildman–Crippen MR) is 90.9 cm³/mol. The Hall–Kier alpha value is -2.75. The number of nitrogens with zero attached hydrogens (tertiary/aromatic N) is 2. The molecule has 0 bridgehead atoms. The van der Waals surface area contributed by atoms with Crippen molar-refractivity contribution >= 4 is 16.7 Å². The standard InChI is InChI=1S/C19H18N2O2/c1-13(2)14-7-9-15(10-8-14)18(22)11-21-12-20-17-6-4-3-5-16(17)19(21)23/h3-10,12-13H,11H2,1-2H3. The van der Waals surface area contributed by atoms with E-state index in [1.165, 1.54) is 16.5 Å². The maximum absolute atomic E-state index is 12.4. The van der Waals surface area contributed by atoms with Crippen LogP contribution in [-0.2, 0) is 6.54 Å². The molecule has 0 unspecified atom stereocenters. The first-order valence-corrected chi connectivity index (χ1v) is 7.63. The molecule has 0 spiro atoms. The van der Waals surface area contributed by atoms with E-state index in [1.54, 1.807) is 18.2 Å². The van der Waals surface area contributed by atoms with Gasteiger partial charge in [-0.15, -0.1) is 0 Å². The highest BCUT2D eigenvalue weighted by molar-refractivity contribution is 5.96. The van der Waals surface area contributed by atoms with Gasteiger partial charge in [-0.1, -0.05) is 50.2 Å². The number of rotatable bonds is 4. The SMILES string of the molecule is CC(C)c1ccc(C(=O)Cn2cnc3ccccc3c2=O)cc1. The van der Waals surface area contributed by atoms with Crippen LogP contribution in [0.5, 0.6) is 0 Å². The minimum Gasteiger partial charge on any atom is -0.292 e. The largest absolute Gasteiger partial charge is 0.292 e. The molecule has 4 nitrogen and oxygen atoms in total. The van der Waals surface area contributed by atoms with Crippen molar-refractivity contribution in [3.05, 3.63) is 76.3 Å². The molecule has 0 aliphatic carbocycles. The van der Waals surface area contributed by atoms with Crippen LogP contribution in [0.4, 0.5) is 0 Å². The maximum atomic E-state index is 12.4. The molecular formula is C19H18N2O2. The molecule has 0 amide bonds. The Bertz CT molecular complexity index is 909. The normalized spacial score (nSPS) is 11.1. The van der Waals surface area contributed by atoms with Crippen molar-refractivity contribution in [3.63, 3.8) is 0 Å². The number of aromatic nitrogens is 2. The van der Waals surface area contributed by atoms with E-state index in [4.69, 9.17) is 0 Å². The average molecular weight is 306 g/mol. The fourth-order valence-corrected chi connectivity index (χ4v) is 2.52. The summed E-state index contributed by atoms with van der Waals surface area (Å²) >= 11 is 0. The van der Waals surface area contributed by atoms with Crippen molar-refractivity contribution in [2.75, 3.05) is 0 Å². The van der Waals surface area contributed by atoms with Crippen LogP contribution in [0.25, 0.3) is 10.9 Å². The van der Waals surface area contributed by atoms with E-state index in [-0.39, 0.29) is 17.9 Å². The van der Waals surface area contributed by atoms with Crippen molar-refractivity contribution < 1.29 is 4.79 Å². The number of carbonyl (C=O) groups excluding carboxylic acids is 1. The van der Waals surface area contributed by atoms with Crippen molar-refractivity contribution in [2.45, 2.75) is 26.3 Å². The minimum atomic E-state index is -0.192. The average Bonchev–Trinajstić information content (AvgIpc) is 2.57. The number of Topliss-reactive ketones (excluding diaryl/α,β-unsaturated/α-hetero) is 1. The molecule has 2 aromatic carbocycles. The fraction of sp³-hybridized carbons (Fsp3) is 0.211. The molecule has 0 radical (unpaired) electrons. The first kappa shape index (κ1) is 15.2. The highest BCUT2D eigenvalue weighted by atomic mass is 16.1. The Morgan fingerprint density at radius 3 is 2.48 bits per heavy atom. The molecule has 23 heavy (non-hydrogen) atoms. The van der Waals surface area contributed by atoms with E-state index < -0.39 is 0 Å². The van der Waals surface area contributed by atoms with Crippen molar-refractivity contribution in [1.82, 2.24) is 9.55 Å². The second-order valence-corrected chi connectivity index (χ2v) is 5.89. The third-order valence-electron chi connectivity index (χ3n) is 3.94. The molecule has 1 aromatic heterocycles. The molecule has 0 aliphatic rings. The van der Waals surface area contributed by atoms with Gasteiger partial charge in [-0.2, -0.15) is 0 Å². The van der Waals surface area contributed by atoms with E-state index in [0.717, 1.165) is 0 Å². The lowest BCUT2D eigenvalue weighted by Gasteiger charge is -2.08. The van der Waals surface area contributed by atoms with Crippen molar-refractivity contribution in [3.8, 4) is 0 Å². The Morgan fingerprint density at radius 1 is 1.09 bits per heavy atom. The summed E-state index contributed by atoms with van der Waals surface area (Å²) in [7, 11) is 0. The van der Waals surface area contributed by atoms with Gasteiger partial charge in [0.05, 0.1) is 23.8 Å². The van der Waals surface area contributed by atoms with E-state index in [2.05, 4.69) is 18.8 Å². The van der Waals surface area contributed by atoms with Crippen LogP contribution in [0.2, 0.25) is 0 Å². The van der Waals surface area contributed by atoms with Gasteiger partial charge < -0.3 is 0 Å². The van der Waals surface area contributed by atoms with Crippen LogP contribution in [0.3, 0.4) is 0 Å². The zero-order chi connectivity index (χ0) is 16.4. The molecule has 3 rings (SSSR count). The van der Waals surface area contributed by atoms with Crippen LogP contribution in [0.1, 0.15) is 35.7 Å². The molecule has 0 saturated carbocycles. The predicted octanol–water partition coefficient (Wildman–Crippen LogP) is 3.40. The smallest absolute Gasteiger partial charge is 0.261 e. The zero-order valence-electron chi connectivity index (χ0n) is 13.2. The Labute approximate surface area is 134 Å². The third kappa shape index (κ3) is 3.06. The first-order valence-electron chi connectivity index (χ1n) is 7.63. The molecule has 3 aromatic rings. The van der Waals surface area contributed by atoms with Gasteiger partial charge in [-0.25, -0.2) is 4.98 Å². The second kappa shape index (κ2) is 6.16. The van der Waals surface area contributed by atoms with Crippen LogP contribution >= 0.6 is 0 Å². The Balaban J connectivity index is 1.88. The van der Waals surface area contributed by atoms with Gasteiger partial charge in [-0.05, 0) is 23.6 Å². The molecular weight excluding hydrogens is 288 g/mol. The molecule has 0 aliphatic heterocycles. The topological polar surface area (TPSA) is 52.0 Å². The summed E-state index contributed by atoms with van der Waals surface area (Å²) in [5, 5.41) is 0.526. The van der Waals surface area contributed by atoms with Crippen molar-refractivity contribution in [1.29, 1.82) is 0 Å². The first-order chi connectivity index (χ1) is 11.1. The van der Waals surface area contributed by atoms with E-state index in [1.807, 2.05) is 30.3 Å². The Kier molecular flexibility index (Phi) is 4.06. The van der Waals surface area contributed by atoms with Gasteiger partial charge in [0.2, 0.25) is 0 Å². The highest BCUT2D eigenvalue weighted by Gasteiger charge is 2.10. The number of fused-ring (bicyclic) bond motifs is 1. The Morgan fingerprint density at radius 2 is 1.78 bits per heavy atom. The van der Waals surface area contributed by atoms with Gasteiger partial charge in [0.1, 0.15) is 0 Å². The summed E-state index contributed by atoms with van der Waals surface area (Å²) in [6.45, 7) is 4.21. The van der Waals surface area contributed by atoms with Gasteiger partial charge in [0.15, 0.2) is 5.78 Å². The summed E-state index contributed by atoms with van der Waals surface area (Å²) in [6.07, 6.45) is 1.44. The molecule has 1 heterocycles. The second-order valence-electron chi connectivity index (χ2n) is 5.89. The quantitative estimate of drug-likeness (QED) is 0.694. The summed E-state index contributed by atoms with van der Waals surface area (Å²) in [4.78, 5) is 29.0. The third-order valence-corrected chi connectivity index (χ3v) is 3.94. The number of hydrogen-bond donors (Lipinski definition) is 0. The van der Waals surface area contributed by atoms with Crippen molar-refractivity contribution in [2.24, 2.45) is 0 Å². The number of benzene rings is 2. The minimum absolute atomic E-state index is 0.00229. The summed E-state index contributed by atoms with van der Waals surface area (Å²) < 4.78 is 1.36. The number of ketones is 1. The summed E-state index contributed by atoms with van der Waals surface area (Å²) in [5.74, 6) is 0.325. The zero-order valence-corrected chi connectivity index (χ0v) is 13.2. The van der Waals surface area contributed by atoms with Crippen LogP contribution in [-0.4, -0.2) is 15.3 Å². The van der Waals surface area contributed by atoms with Crippen LogP contribution in [0.15, 0.2) is 59.7 Å². The van der Waals surface area contributed by atoms with Gasteiger partial charge in [0.25, 0.3) is 5.56 Å². The number of para-hydroxylation sites is 1. The summed E-state index contributed by atoms with van der Waals surface area (Å²) in [5.41, 5.74) is 2.24. The number of carbonyl (C=O) groups is 1. The lowest BCUT2D eigenvalue weighted by Crippen LogP contribution is -2.24. The fourth-order valence-electron chi connectivity index (χ4n) is 2.52. The van der Waals surface area contributed by atoms with Crippen LogP contribution in [0, 0.1) is 0 Å². The number of hydrogen-bond acceptors (Lipinski definition) is 3. The van der Waals surface area contributed by atoms with Gasteiger partial charge >= 0.3 is 0 Å². The van der Waals surface area contributed by atoms with Gasteiger partial charge in [-0.3, -0.25) is 14.2 Å². The summed E-state index contributed by atoms with van der Waals surface area (Å²) in [6, 6.07) is 14.7. The van der Waals surface area contributed by atoms with E-state index in [9.17, 15) is 9.59 Å². The molecule has 116 valence electrons. The lowest BCUT2D eigenvalue weighted by atomic mass is 10.0. The van der Waals surface area contributed by atoms with Gasteiger partial charge in [0, 0.05) is 5.56 Å². The highest BCUT2D eigenvalue weighted by Crippen LogP contribution is 2.15. The molecule has 4 heteroatoms. The lowest BCUT2D eigenvalue weighted by molar-refractivity contribution is 0.0970. The monoisotopic (exact) mass is 306 g/mol. The molecule has 0 N–H and O–H groups in total.